The molecule has 0 atom stereocenters. The van der Waals surface area contributed by atoms with Crippen LogP contribution in [-0.2, 0) is 6.18 Å². The van der Waals surface area contributed by atoms with E-state index in [0.717, 1.165) is 25.3 Å². The Morgan fingerprint density at radius 2 is 2.00 bits per heavy atom. The summed E-state index contributed by atoms with van der Waals surface area (Å²) in [5.41, 5.74) is -1.32. The molecule has 1 aliphatic heterocycles. The van der Waals surface area contributed by atoms with Crippen LogP contribution < -0.4 is 4.90 Å². The standard InChI is InChI=1S/C16H16F3N3S/c1-2-6-14(23)13-9-12(16(17,18)19)11(10-20)15(21-13)22-7-4-3-5-8-22/h2,6,9,23H,1,3-5,7-8H2/b14-6-. The fourth-order valence-electron chi connectivity index (χ4n) is 2.53. The first-order valence-electron chi connectivity index (χ1n) is 7.18. The van der Waals surface area contributed by atoms with Gasteiger partial charge in [-0.1, -0.05) is 12.7 Å². The molecule has 1 fully saturated rings. The quantitative estimate of drug-likeness (QED) is 0.655. The van der Waals surface area contributed by atoms with E-state index >= 15 is 0 Å². The fourth-order valence-corrected chi connectivity index (χ4v) is 2.75. The number of rotatable bonds is 3. The van der Waals surface area contributed by atoms with Gasteiger partial charge in [-0.2, -0.15) is 18.4 Å². The molecule has 0 bridgehead atoms. The molecular weight excluding hydrogens is 323 g/mol. The fraction of sp³-hybridized carbons (Fsp3) is 0.375. The normalized spacial score (nSPS) is 16.1. The maximum absolute atomic E-state index is 13.3. The van der Waals surface area contributed by atoms with Crippen molar-refractivity contribution in [3.05, 3.63) is 41.6 Å². The smallest absolute Gasteiger partial charge is 0.355 e. The van der Waals surface area contributed by atoms with E-state index in [1.807, 2.05) is 0 Å². The van der Waals surface area contributed by atoms with E-state index in [-0.39, 0.29) is 16.4 Å². The average molecular weight is 339 g/mol. The Morgan fingerprint density at radius 3 is 2.52 bits per heavy atom. The van der Waals surface area contributed by atoms with Gasteiger partial charge in [-0.15, -0.1) is 12.6 Å². The number of pyridine rings is 1. The van der Waals surface area contributed by atoms with Gasteiger partial charge < -0.3 is 4.90 Å². The summed E-state index contributed by atoms with van der Waals surface area (Å²) in [5.74, 6) is 0.0843. The summed E-state index contributed by atoms with van der Waals surface area (Å²) in [4.78, 5) is 6.29. The summed E-state index contributed by atoms with van der Waals surface area (Å²) in [6, 6.07) is 2.55. The Labute approximate surface area is 138 Å². The summed E-state index contributed by atoms with van der Waals surface area (Å²) in [7, 11) is 0. The predicted molar refractivity (Wildman–Crippen MR) is 87.2 cm³/mol. The first kappa shape index (κ1) is 17.4. The van der Waals surface area contributed by atoms with E-state index in [0.29, 0.717) is 13.1 Å². The number of thiol groups is 1. The number of aromatic nitrogens is 1. The molecular formula is C16H16F3N3S. The second-order valence-electron chi connectivity index (χ2n) is 5.20. The molecule has 1 saturated heterocycles. The van der Waals surface area contributed by atoms with Crippen LogP contribution in [0.4, 0.5) is 19.0 Å². The minimum absolute atomic E-state index is 0.0835. The largest absolute Gasteiger partial charge is 0.417 e. The van der Waals surface area contributed by atoms with Gasteiger partial charge >= 0.3 is 6.18 Å². The molecule has 3 nitrogen and oxygen atoms in total. The molecule has 0 amide bonds. The predicted octanol–water partition coefficient (Wildman–Crippen LogP) is 4.42. The van der Waals surface area contributed by atoms with Crippen LogP contribution in [0.15, 0.2) is 24.8 Å². The van der Waals surface area contributed by atoms with Crippen molar-refractivity contribution in [3.8, 4) is 6.07 Å². The molecule has 122 valence electrons. The van der Waals surface area contributed by atoms with Crippen LogP contribution in [0.1, 0.15) is 36.1 Å². The highest BCUT2D eigenvalue weighted by molar-refractivity contribution is 7.90. The number of hydrogen-bond donors (Lipinski definition) is 1. The Balaban J connectivity index is 2.67. The summed E-state index contributed by atoms with van der Waals surface area (Å²) >= 11 is 4.18. The zero-order valence-electron chi connectivity index (χ0n) is 12.4. The molecule has 0 spiro atoms. The third-order valence-corrected chi connectivity index (χ3v) is 3.99. The third-order valence-electron chi connectivity index (χ3n) is 3.61. The van der Waals surface area contributed by atoms with Gasteiger partial charge in [0.05, 0.1) is 11.3 Å². The van der Waals surface area contributed by atoms with E-state index in [4.69, 9.17) is 0 Å². The number of alkyl halides is 3. The number of hydrogen-bond acceptors (Lipinski definition) is 4. The highest BCUT2D eigenvalue weighted by atomic mass is 32.1. The van der Waals surface area contributed by atoms with E-state index < -0.39 is 17.3 Å². The van der Waals surface area contributed by atoms with Gasteiger partial charge in [0.15, 0.2) is 0 Å². The first-order chi connectivity index (χ1) is 10.9. The van der Waals surface area contributed by atoms with Crippen molar-refractivity contribution < 1.29 is 13.2 Å². The first-order valence-corrected chi connectivity index (χ1v) is 7.62. The molecule has 0 N–H and O–H groups in total. The van der Waals surface area contributed by atoms with Gasteiger partial charge in [-0.25, -0.2) is 4.98 Å². The van der Waals surface area contributed by atoms with Crippen LogP contribution in [0.2, 0.25) is 0 Å². The minimum atomic E-state index is -4.63. The Bertz CT molecular complexity index is 668. The zero-order valence-corrected chi connectivity index (χ0v) is 13.3. The average Bonchev–Trinajstić information content (AvgIpc) is 2.53. The highest BCUT2D eigenvalue weighted by Gasteiger charge is 2.37. The number of piperidine rings is 1. The van der Waals surface area contributed by atoms with Gasteiger partial charge in [-0.05, 0) is 31.4 Å². The Morgan fingerprint density at radius 1 is 1.35 bits per heavy atom. The van der Waals surface area contributed by atoms with Crippen LogP contribution >= 0.6 is 12.6 Å². The maximum atomic E-state index is 13.3. The molecule has 1 aliphatic rings. The van der Waals surface area contributed by atoms with Crippen molar-refractivity contribution in [2.45, 2.75) is 25.4 Å². The van der Waals surface area contributed by atoms with Crippen LogP contribution in [0.25, 0.3) is 4.91 Å². The molecule has 2 heterocycles. The van der Waals surface area contributed by atoms with Crippen molar-refractivity contribution in [1.82, 2.24) is 4.98 Å². The molecule has 0 aliphatic carbocycles. The van der Waals surface area contributed by atoms with Crippen LogP contribution in [0.5, 0.6) is 0 Å². The molecule has 0 radical (unpaired) electrons. The van der Waals surface area contributed by atoms with E-state index in [1.54, 1.807) is 11.0 Å². The van der Waals surface area contributed by atoms with Crippen molar-refractivity contribution in [1.29, 1.82) is 5.26 Å². The summed E-state index contributed by atoms with van der Waals surface area (Å²) in [5, 5.41) is 9.26. The van der Waals surface area contributed by atoms with E-state index in [2.05, 4.69) is 24.2 Å². The number of nitriles is 1. The number of nitrogens with zero attached hydrogens (tertiary/aromatic N) is 3. The van der Waals surface area contributed by atoms with Crippen LogP contribution in [-0.4, -0.2) is 18.1 Å². The third kappa shape index (κ3) is 3.88. The van der Waals surface area contributed by atoms with Gasteiger partial charge in [0, 0.05) is 18.0 Å². The minimum Gasteiger partial charge on any atom is -0.355 e. The van der Waals surface area contributed by atoms with Gasteiger partial charge in [0.25, 0.3) is 0 Å². The summed E-state index contributed by atoms with van der Waals surface area (Å²) < 4.78 is 40.0. The second kappa shape index (κ2) is 7.09. The van der Waals surface area contributed by atoms with Crippen molar-refractivity contribution in [3.63, 3.8) is 0 Å². The lowest BCUT2D eigenvalue weighted by molar-refractivity contribution is -0.137. The van der Waals surface area contributed by atoms with Crippen molar-refractivity contribution >= 4 is 23.4 Å². The monoisotopic (exact) mass is 339 g/mol. The van der Waals surface area contributed by atoms with Crippen LogP contribution in [0, 0.1) is 11.3 Å². The molecule has 2 rings (SSSR count). The summed E-state index contributed by atoms with van der Waals surface area (Å²) in [6.45, 7) is 4.69. The number of halogens is 3. The topological polar surface area (TPSA) is 39.9 Å². The van der Waals surface area contributed by atoms with Gasteiger partial charge in [-0.3, -0.25) is 0 Å². The number of allylic oxidation sites excluding steroid dienone is 2. The zero-order chi connectivity index (χ0) is 17.0. The molecule has 1 aromatic heterocycles. The van der Waals surface area contributed by atoms with Crippen LogP contribution in [0.3, 0.4) is 0 Å². The molecule has 0 aromatic carbocycles. The summed E-state index contributed by atoms with van der Waals surface area (Å²) in [6.07, 6.45) is 1.03. The van der Waals surface area contributed by atoms with Gasteiger partial charge in [0.2, 0.25) is 0 Å². The highest BCUT2D eigenvalue weighted by Crippen LogP contribution is 2.38. The lowest BCUT2D eigenvalue weighted by Gasteiger charge is -2.29. The molecule has 0 unspecified atom stereocenters. The second-order valence-corrected chi connectivity index (χ2v) is 5.68. The van der Waals surface area contributed by atoms with E-state index in [9.17, 15) is 18.4 Å². The van der Waals surface area contributed by atoms with E-state index in [1.165, 1.54) is 12.2 Å². The molecule has 1 aromatic rings. The molecule has 0 saturated carbocycles. The van der Waals surface area contributed by atoms with Crippen molar-refractivity contribution in [2.24, 2.45) is 0 Å². The maximum Gasteiger partial charge on any atom is 0.417 e. The lowest BCUT2D eigenvalue weighted by Crippen LogP contribution is -2.31. The molecule has 23 heavy (non-hydrogen) atoms. The Hall–Kier alpha value is -1.94. The SMILES string of the molecule is C=C/C=C(\S)c1cc(C(F)(F)F)c(C#N)c(N2CCCCC2)n1. The molecule has 7 heteroatoms. The number of anilines is 1. The Kier molecular flexibility index (Phi) is 5.37. The lowest BCUT2D eigenvalue weighted by atomic mass is 10.0. The van der Waals surface area contributed by atoms with Gasteiger partial charge in [0.1, 0.15) is 17.5 Å². The van der Waals surface area contributed by atoms with Crippen molar-refractivity contribution in [2.75, 3.05) is 18.0 Å².